The summed E-state index contributed by atoms with van der Waals surface area (Å²) < 4.78 is 1.49. The molecule has 0 spiro atoms. The van der Waals surface area contributed by atoms with Gasteiger partial charge in [-0.1, -0.05) is 0 Å². The van der Waals surface area contributed by atoms with Gasteiger partial charge < -0.3 is 0 Å². The van der Waals surface area contributed by atoms with Crippen LogP contribution in [0.4, 0.5) is 0 Å². The summed E-state index contributed by atoms with van der Waals surface area (Å²) in [5.74, 6) is 0.805. The first-order valence-electron chi connectivity index (χ1n) is 6.57. The molecule has 2 aromatic carbocycles. The van der Waals surface area contributed by atoms with Crippen LogP contribution in [0.3, 0.4) is 0 Å². The second kappa shape index (κ2) is 6.78. The molecule has 0 heterocycles. The summed E-state index contributed by atoms with van der Waals surface area (Å²) in [5.41, 5.74) is 0. The van der Waals surface area contributed by atoms with Crippen molar-refractivity contribution in [1.82, 2.24) is 0 Å². The molecule has 0 N–H and O–H groups in total. The van der Waals surface area contributed by atoms with Gasteiger partial charge in [-0.25, -0.2) is 0 Å². The first-order valence-corrected chi connectivity index (χ1v) is 8.41. The molecule has 0 bridgehead atoms. The van der Waals surface area contributed by atoms with Gasteiger partial charge in [-0.05, 0) is 0 Å². The zero-order valence-corrected chi connectivity index (χ0v) is 12.8. The third-order valence-electron chi connectivity index (χ3n) is 2.95. The summed E-state index contributed by atoms with van der Waals surface area (Å²) in [7, 11) is 0. The molecule has 0 aliphatic heterocycles. The summed E-state index contributed by atoms with van der Waals surface area (Å²) in [6, 6.07) is 15.3. The number of allylic oxidation sites excluding steroid dienone is 1. The van der Waals surface area contributed by atoms with E-state index in [1.807, 2.05) is 0 Å². The van der Waals surface area contributed by atoms with Crippen molar-refractivity contribution < 1.29 is 0 Å². The van der Waals surface area contributed by atoms with Crippen molar-refractivity contribution in [3.63, 3.8) is 0 Å². The van der Waals surface area contributed by atoms with Gasteiger partial charge in [-0.2, -0.15) is 0 Å². The average Bonchev–Trinajstić information content (AvgIpc) is 2.38. The standard InChI is InChI=1S/C17H20Se/c1-14(2)8-5-6-13-18-17-12-7-10-15-9-3-4-11-16(15)17/h3-4,6-7,9-14H,5,8H2,1-2H3. The molecule has 1 heteroatoms. The van der Waals surface area contributed by atoms with E-state index < -0.39 is 0 Å². The first kappa shape index (κ1) is 13.4. The van der Waals surface area contributed by atoms with Crippen LogP contribution in [0.1, 0.15) is 26.7 Å². The molecule has 0 fully saturated rings. The second-order valence-corrected chi connectivity index (χ2v) is 6.93. The minimum atomic E-state index is 0.456. The van der Waals surface area contributed by atoms with Gasteiger partial charge in [0, 0.05) is 0 Å². The van der Waals surface area contributed by atoms with Gasteiger partial charge in [0.1, 0.15) is 0 Å². The Morgan fingerprint density at radius 3 is 2.67 bits per heavy atom. The monoisotopic (exact) mass is 304 g/mol. The van der Waals surface area contributed by atoms with Gasteiger partial charge in [0.25, 0.3) is 0 Å². The molecule has 2 rings (SSSR count). The van der Waals surface area contributed by atoms with Crippen LogP contribution in [-0.4, -0.2) is 15.0 Å². The molecule has 0 aromatic heterocycles. The quantitative estimate of drug-likeness (QED) is 0.729. The molecular formula is C17H20Se. The summed E-state index contributed by atoms with van der Waals surface area (Å²) in [5, 5.41) is 2.76. The number of hydrogen-bond donors (Lipinski definition) is 0. The van der Waals surface area contributed by atoms with Crippen molar-refractivity contribution in [3.05, 3.63) is 53.5 Å². The molecule has 18 heavy (non-hydrogen) atoms. The minimum absolute atomic E-state index is 0.456. The van der Waals surface area contributed by atoms with Crippen molar-refractivity contribution in [3.8, 4) is 0 Å². The zero-order valence-electron chi connectivity index (χ0n) is 11.1. The van der Waals surface area contributed by atoms with Gasteiger partial charge in [-0.3, -0.25) is 0 Å². The van der Waals surface area contributed by atoms with Crippen LogP contribution in [0.5, 0.6) is 0 Å². The summed E-state index contributed by atoms with van der Waals surface area (Å²) in [6.07, 6.45) is 4.86. The fourth-order valence-corrected chi connectivity index (χ4v) is 3.70. The predicted octanol–water partition coefficient (Wildman–Crippen LogP) is 4.12. The maximum absolute atomic E-state index is 2.37. The second-order valence-electron chi connectivity index (χ2n) is 4.94. The van der Waals surface area contributed by atoms with Crippen LogP contribution in [0.25, 0.3) is 10.8 Å². The number of fused-ring (bicyclic) bond motifs is 1. The van der Waals surface area contributed by atoms with E-state index in [0.717, 1.165) is 5.92 Å². The van der Waals surface area contributed by atoms with Crippen LogP contribution >= 0.6 is 0 Å². The van der Waals surface area contributed by atoms with Crippen molar-refractivity contribution in [2.24, 2.45) is 5.92 Å². The van der Waals surface area contributed by atoms with Crippen molar-refractivity contribution >= 4 is 30.2 Å². The molecule has 0 aliphatic carbocycles. The van der Waals surface area contributed by atoms with Crippen LogP contribution in [0.2, 0.25) is 0 Å². The normalized spacial score (nSPS) is 11.7. The van der Waals surface area contributed by atoms with Gasteiger partial charge >= 0.3 is 116 Å². The van der Waals surface area contributed by atoms with Crippen LogP contribution in [0.15, 0.2) is 53.5 Å². The van der Waals surface area contributed by atoms with Crippen molar-refractivity contribution in [2.75, 3.05) is 0 Å². The SMILES string of the molecule is CC(C)CCC=C[Se]c1cccc2ccccc12. The number of benzene rings is 2. The molecular weight excluding hydrogens is 283 g/mol. The van der Waals surface area contributed by atoms with Crippen LogP contribution < -0.4 is 4.46 Å². The molecule has 0 unspecified atom stereocenters. The van der Waals surface area contributed by atoms with E-state index in [1.54, 1.807) is 0 Å². The molecule has 2 aromatic rings. The molecule has 0 nitrogen and oxygen atoms in total. The van der Waals surface area contributed by atoms with Gasteiger partial charge in [0.2, 0.25) is 0 Å². The van der Waals surface area contributed by atoms with E-state index in [9.17, 15) is 0 Å². The molecule has 0 aliphatic rings. The Hall–Kier alpha value is -1.04. The molecule has 0 saturated carbocycles. The number of hydrogen-bond acceptors (Lipinski definition) is 0. The Labute approximate surface area is 116 Å². The molecule has 0 radical (unpaired) electrons. The summed E-state index contributed by atoms with van der Waals surface area (Å²) >= 11 is 0.456. The first-order chi connectivity index (χ1) is 8.77. The Bertz CT molecular complexity index is 521. The maximum atomic E-state index is 2.37. The van der Waals surface area contributed by atoms with Crippen molar-refractivity contribution in [1.29, 1.82) is 0 Å². The Kier molecular flexibility index (Phi) is 5.04. The topological polar surface area (TPSA) is 0 Å². The predicted molar refractivity (Wildman–Crippen MR) is 82.5 cm³/mol. The molecule has 0 atom stereocenters. The number of rotatable bonds is 5. The molecule has 0 amide bonds. The Morgan fingerprint density at radius 2 is 1.83 bits per heavy atom. The molecule has 94 valence electrons. The van der Waals surface area contributed by atoms with E-state index in [-0.39, 0.29) is 0 Å². The van der Waals surface area contributed by atoms with Crippen LogP contribution in [-0.2, 0) is 0 Å². The van der Waals surface area contributed by atoms with E-state index in [4.69, 9.17) is 0 Å². The van der Waals surface area contributed by atoms with Gasteiger partial charge in [-0.15, -0.1) is 0 Å². The van der Waals surface area contributed by atoms with E-state index in [1.165, 1.54) is 28.1 Å². The Morgan fingerprint density at radius 1 is 1.06 bits per heavy atom. The fraction of sp³-hybridized carbons (Fsp3) is 0.294. The van der Waals surface area contributed by atoms with E-state index >= 15 is 0 Å². The van der Waals surface area contributed by atoms with Gasteiger partial charge in [0.05, 0.1) is 0 Å². The summed E-state index contributed by atoms with van der Waals surface area (Å²) in [4.78, 5) is 2.37. The van der Waals surface area contributed by atoms with Crippen molar-refractivity contribution in [2.45, 2.75) is 26.7 Å². The summed E-state index contributed by atoms with van der Waals surface area (Å²) in [6.45, 7) is 4.56. The third kappa shape index (κ3) is 3.73. The van der Waals surface area contributed by atoms with E-state index in [0.29, 0.717) is 15.0 Å². The Balaban J connectivity index is 2.03. The van der Waals surface area contributed by atoms with E-state index in [2.05, 4.69) is 67.4 Å². The fourth-order valence-electron chi connectivity index (χ4n) is 1.92. The third-order valence-corrected chi connectivity index (χ3v) is 4.92. The average molecular weight is 303 g/mol. The van der Waals surface area contributed by atoms with Crippen LogP contribution in [0, 0.1) is 5.92 Å². The van der Waals surface area contributed by atoms with Gasteiger partial charge in [0.15, 0.2) is 0 Å². The zero-order chi connectivity index (χ0) is 12.8. The molecule has 0 saturated heterocycles.